The fourth-order valence-corrected chi connectivity index (χ4v) is 3.00. The molecule has 0 saturated heterocycles. The average molecular weight is 329 g/mol. The van der Waals surface area contributed by atoms with Crippen LogP contribution >= 0.6 is 0 Å². The number of ether oxygens (including phenoxy) is 1. The minimum Gasteiger partial charge on any atom is -0.495 e. The predicted octanol–water partition coefficient (Wildman–Crippen LogP) is 0.535. The number of amides is 1. The summed E-state index contributed by atoms with van der Waals surface area (Å²) in [5, 5.41) is 0. The van der Waals surface area contributed by atoms with Crippen LogP contribution < -0.4 is 20.9 Å². The summed E-state index contributed by atoms with van der Waals surface area (Å²) in [7, 11) is 2.97. The number of nitrogens with zero attached hydrogens (tertiary/aromatic N) is 3. The molecule has 1 aliphatic rings. The first kappa shape index (κ1) is 16.0. The van der Waals surface area contributed by atoms with Crippen LogP contribution in [0.3, 0.4) is 0 Å². The van der Waals surface area contributed by atoms with Crippen molar-refractivity contribution in [2.24, 2.45) is 7.05 Å². The fourth-order valence-electron chi connectivity index (χ4n) is 3.00. The SMILES string of the molecule is COc1cccc2c1N(C(=O)Cn1ccc(=O)n(C)c1=O)CCC2. The van der Waals surface area contributed by atoms with E-state index in [1.807, 2.05) is 18.2 Å². The Labute approximate surface area is 138 Å². The molecular formula is C17H19N3O4. The number of para-hydroxylation sites is 1. The van der Waals surface area contributed by atoms with Crippen LogP contribution in [-0.2, 0) is 24.8 Å². The topological polar surface area (TPSA) is 73.5 Å². The van der Waals surface area contributed by atoms with E-state index in [1.54, 1.807) is 12.0 Å². The Morgan fingerprint density at radius 2 is 2.04 bits per heavy atom. The summed E-state index contributed by atoms with van der Waals surface area (Å²) in [5.74, 6) is 0.439. The molecule has 0 spiro atoms. The molecule has 2 aromatic rings. The van der Waals surface area contributed by atoms with Gasteiger partial charge in [-0.15, -0.1) is 0 Å². The van der Waals surface area contributed by atoms with Crippen molar-refractivity contribution in [1.29, 1.82) is 0 Å². The number of hydrogen-bond donors (Lipinski definition) is 0. The van der Waals surface area contributed by atoms with Crippen LogP contribution in [0.25, 0.3) is 0 Å². The lowest BCUT2D eigenvalue weighted by atomic mass is 10.0. The molecule has 0 radical (unpaired) electrons. The zero-order valence-electron chi connectivity index (χ0n) is 13.7. The van der Waals surface area contributed by atoms with Gasteiger partial charge in [0.15, 0.2) is 0 Å². The monoisotopic (exact) mass is 329 g/mol. The number of benzene rings is 1. The lowest BCUT2D eigenvalue weighted by Gasteiger charge is -2.31. The molecule has 0 saturated carbocycles. The van der Waals surface area contributed by atoms with E-state index in [1.165, 1.54) is 23.9 Å². The van der Waals surface area contributed by atoms with E-state index < -0.39 is 11.2 Å². The van der Waals surface area contributed by atoms with Gasteiger partial charge in [0, 0.05) is 25.9 Å². The molecule has 1 aliphatic heterocycles. The molecule has 7 nitrogen and oxygen atoms in total. The van der Waals surface area contributed by atoms with Crippen LogP contribution in [0, 0.1) is 0 Å². The molecule has 7 heteroatoms. The summed E-state index contributed by atoms with van der Waals surface area (Å²) in [6.07, 6.45) is 3.10. The molecule has 0 atom stereocenters. The first-order valence-electron chi connectivity index (χ1n) is 7.75. The Hall–Kier alpha value is -2.83. The Morgan fingerprint density at radius 1 is 1.25 bits per heavy atom. The smallest absolute Gasteiger partial charge is 0.331 e. The number of methoxy groups -OCH3 is 1. The lowest BCUT2D eigenvalue weighted by Crippen LogP contribution is -2.43. The molecule has 0 aliphatic carbocycles. The van der Waals surface area contributed by atoms with Crippen molar-refractivity contribution < 1.29 is 9.53 Å². The molecule has 0 bridgehead atoms. The minimum atomic E-state index is -0.506. The van der Waals surface area contributed by atoms with Gasteiger partial charge in [-0.2, -0.15) is 0 Å². The summed E-state index contributed by atoms with van der Waals surface area (Å²) in [6, 6.07) is 6.99. The summed E-state index contributed by atoms with van der Waals surface area (Å²) < 4.78 is 7.62. The first-order valence-corrected chi connectivity index (χ1v) is 7.75. The average Bonchev–Trinajstić information content (AvgIpc) is 2.61. The van der Waals surface area contributed by atoms with Crippen LogP contribution in [-0.4, -0.2) is 28.7 Å². The van der Waals surface area contributed by atoms with Crippen molar-refractivity contribution in [1.82, 2.24) is 9.13 Å². The van der Waals surface area contributed by atoms with E-state index in [-0.39, 0.29) is 12.5 Å². The maximum absolute atomic E-state index is 12.8. The highest BCUT2D eigenvalue weighted by molar-refractivity contribution is 5.96. The van der Waals surface area contributed by atoms with Gasteiger partial charge >= 0.3 is 5.69 Å². The summed E-state index contributed by atoms with van der Waals surface area (Å²) >= 11 is 0. The molecule has 1 aromatic carbocycles. The second-order valence-corrected chi connectivity index (χ2v) is 5.74. The van der Waals surface area contributed by atoms with Crippen molar-refractivity contribution >= 4 is 11.6 Å². The van der Waals surface area contributed by atoms with Gasteiger partial charge in [0.2, 0.25) is 5.91 Å². The third kappa shape index (κ3) is 2.73. The lowest BCUT2D eigenvalue weighted by molar-refractivity contribution is -0.119. The van der Waals surface area contributed by atoms with Crippen LogP contribution in [0.1, 0.15) is 12.0 Å². The van der Waals surface area contributed by atoms with E-state index in [0.717, 1.165) is 28.7 Å². The molecule has 0 fully saturated rings. The van der Waals surface area contributed by atoms with Crippen LogP contribution in [0.4, 0.5) is 5.69 Å². The highest BCUT2D eigenvalue weighted by Crippen LogP contribution is 2.36. The molecule has 2 heterocycles. The number of rotatable bonds is 3. The molecule has 1 amide bonds. The zero-order chi connectivity index (χ0) is 17.3. The van der Waals surface area contributed by atoms with Crippen molar-refractivity contribution in [2.75, 3.05) is 18.6 Å². The van der Waals surface area contributed by atoms with E-state index in [9.17, 15) is 14.4 Å². The minimum absolute atomic E-state index is 0.121. The highest BCUT2D eigenvalue weighted by atomic mass is 16.5. The van der Waals surface area contributed by atoms with Gasteiger partial charge in [-0.05, 0) is 24.5 Å². The quantitative estimate of drug-likeness (QED) is 0.824. The van der Waals surface area contributed by atoms with Gasteiger partial charge in [0.05, 0.1) is 12.8 Å². The summed E-state index contributed by atoms with van der Waals surface area (Å²) in [4.78, 5) is 38.0. The van der Waals surface area contributed by atoms with Crippen LogP contribution in [0.5, 0.6) is 5.75 Å². The van der Waals surface area contributed by atoms with Crippen molar-refractivity contribution in [3.63, 3.8) is 0 Å². The van der Waals surface area contributed by atoms with Gasteiger partial charge in [-0.3, -0.25) is 18.7 Å². The van der Waals surface area contributed by atoms with Gasteiger partial charge in [0.1, 0.15) is 12.3 Å². The Kier molecular flexibility index (Phi) is 4.24. The first-order chi connectivity index (χ1) is 11.5. The number of aromatic nitrogens is 2. The molecule has 126 valence electrons. The summed E-state index contributed by atoms with van der Waals surface area (Å²) in [6.45, 7) is 0.456. The van der Waals surface area contributed by atoms with Crippen molar-refractivity contribution in [2.45, 2.75) is 19.4 Å². The van der Waals surface area contributed by atoms with Gasteiger partial charge < -0.3 is 9.64 Å². The number of hydrogen-bond acceptors (Lipinski definition) is 4. The standard InChI is InChI=1S/C17H19N3O4/c1-18-14(21)8-10-19(17(18)23)11-15(22)20-9-4-6-12-5-3-7-13(24-2)16(12)20/h3,5,7-8,10H,4,6,9,11H2,1-2H3. The fraction of sp³-hybridized carbons (Fsp3) is 0.353. The van der Waals surface area contributed by atoms with Gasteiger partial charge in [0.25, 0.3) is 5.56 Å². The maximum atomic E-state index is 12.8. The Balaban J connectivity index is 1.95. The van der Waals surface area contributed by atoms with E-state index in [2.05, 4.69) is 0 Å². The molecule has 3 rings (SSSR count). The normalized spacial score (nSPS) is 13.5. The second-order valence-electron chi connectivity index (χ2n) is 5.74. The number of aryl methyl sites for hydroxylation is 1. The van der Waals surface area contributed by atoms with Crippen molar-refractivity contribution in [3.8, 4) is 5.75 Å². The molecular weight excluding hydrogens is 310 g/mol. The molecule has 24 heavy (non-hydrogen) atoms. The second kappa shape index (κ2) is 6.35. The van der Waals surface area contributed by atoms with E-state index in [4.69, 9.17) is 4.74 Å². The Bertz CT molecular complexity index is 883. The molecule has 0 unspecified atom stereocenters. The summed E-state index contributed by atoms with van der Waals surface area (Å²) in [5.41, 5.74) is 0.928. The highest BCUT2D eigenvalue weighted by Gasteiger charge is 2.26. The van der Waals surface area contributed by atoms with E-state index >= 15 is 0 Å². The number of carbonyl (C=O) groups excluding carboxylic acids is 1. The molecule has 1 aromatic heterocycles. The van der Waals surface area contributed by atoms with Crippen LogP contribution in [0.15, 0.2) is 40.1 Å². The van der Waals surface area contributed by atoms with Gasteiger partial charge in [-0.25, -0.2) is 4.79 Å². The number of fused-ring (bicyclic) bond motifs is 1. The number of anilines is 1. The number of carbonyl (C=O) groups is 1. The molecule has 0 N–H and O–H groups in total. The Morgan fingerprint density at radius 3 is 2.79 bits per heavy atom. The zero-order valence-corrected chi connectivity index (χ0v) is 13.7. The predicted molar refractivity (Wildman–Crippen MR) is 89.6 cm³/mol. The third-order valence-corrected chi connectivity index (χ3v) is 4.27. The third-order valence-electron chi connectivity index (χ3n) is 4.27. The maximum Gasteiger partial charge on any atom is 0.331 e. The van der Waals surface area contributed by atoms with Crippen molar-refractivity contribution in [3.05, 3.63) is 56.9 Å². The van der Waals surface area contributed by atoms with Crippen LogP contribution in [0.2, 0.25) is 0 Å². The van der Waals surface area contributed by atoms with E-state index in [0.29, 0.717) is 12.3 Å². The van der Waals surface area contributed by atoms with Gasteiger partial charge in [-0.1, -0.05) is 12.1 Å². The largest absolute Gasteiger partial charge is 0.495 e.